The molecule has 0 unspecified atom stereocenters. The van der Waals surface area contributed by atoms with Crippen LogP contribution in [0.5, 0.6) is 0 Å². The van der Waals surface area contributed by atoms with E-state index in [1.165, 1.54) is 43.8 Å². The van der Waals surface area contributed by atoms with Crippen LogP contribution in [-0.4, -0.2) is 43.6 Å². The first-order valence-electron chi connectivity index (χ1n) is 8.55. The quantitative estimate of drug-likeness (QED) is 0.461. The summed E-state index contributed by atoms with van der Waals surface area (Å²) in [5.41, 5.74) is 0. The summed E-state index contributed by atoms with van der Waals surface area (Å²) in [5.74, 6) is 1.85. The predicted octanol–water partition coefficient (Wildman–Crippen LogP) is 2.93. The molecule has 0 bridgehead atoms. The molecule has 1 aromatic rings. The summed E-state index contributed by atoms with van der Waals surface area (Å²) in [4.78, 5) is 8.54. The molecule has 2 heterocycles. The van der Waals surface area contributed by atoms with Gasteiger partial charge in [0.25, 0.3) is 0 Å². The van der Waals surface area contributed by atoms with Crippen LogP contribution in [0.15, 0.2) is 22.5 Å². The minimum absolute atomic E-state index is 0.761. The highest BCUT2D eigenvalue weighted by Gasteiger charge is 2.14. The van der Waals surface area contributed by atoms with Gasteiger partial charge in [0.1, 0.15) is 0 Å². The summed E-state index contributed by atoms with van der Waals surface area (Å²) < 4.78 is 0. The van der Waals surface area contributed by atoms with Crippen LogP contribution in [0.2, 0.25) is 0 Å². The van der Waals surface area contributed by atoms with E-state index in [4.69, 9.17) is 0 Å². The number of guanidine groups is 1. The third kappa shape index (κ3) is 6.36. The number of hydrogen-bond donors (Lipinski definition) is 2. The van der Waals surface area contributed by atoms with Crippen LogP contribution in [0.1, 0.15) is 38.0 Å². The maximum Gasteiger partial charge on any atom is 0.191 e. The van der Waals surface area contributed by atoms with Gasteiger partial charge < -0.3 is 15.5 Å². The van der Waals surface area contributed by atoms with Gasteiger partial charge in [-0.2, -0.15) is 0 Å². The molecule has 1 aliphatic heterocycles. The van der Waals surface area contributed by atoms with Crippen molar-refractivity contribution in [1.82, 2.24) is 15.5 Å². The largest absolute Gasteiger partial charge is 0.357 e. The summed E-state index contributed by atoms with van der Waals surface area (Å²) in [7, 11) is 0. The molecule has 0 spiro atoms. The highest BCUT2D eigenvalue weighted by atomic mass is 32.1. The van der Waals surface area contributed by atoms with Crippen molar-refractivity contribution in [2.24, 2.45) is 10.9 Å². The second-order valence-corrected chi connectivity index (χ2v) is 7.11. The van der Waals surface area contributed by atoms with Crippen LogP contribution in [0.4, 0.5) is 0 Å². The summed E-state index contributed by atoms with van der Waals surface area (Å²) >= 11 is 1.76. The third-order valence-electron chi connectivity index (χ3n) is 4.14. The van der Waals surface area contributed by atoms with Crippen molar-refractivity contribution >= 4 is 17.3 Å². The highest BCUT2D eigenvalue weighted by molar-refractivity contribution is 7.09. The van der Waals surface area contributed by atoms with Crippen molar-refractivity contribution in [1.29, 1.82) is 0 Å². The second-order valence-electron chi connectivity index (χ2n) is 6.08. The van der Waals surface area contributed by atoms with Crippen molar-refractivity contribution in [2.75, 3.05) is 32.7 Å². The van der Waals surface area contributed by atoms with Crippen molar-refractivity contribution in [3.05, 3.63) is 22.4 Å². The Morgan fingerprint density at radius 2 is 2.18 bits per heavy atom. The molecule has 1 saturated heterocycles. The Morgan fingerprint density at radius 1 is 1.36 bits per heavy atom. The van der Waals surface area contributed by atoms with Crippen LogP contribution in [-0.2, 0) is 6.54 Å². The molecule has 5 heteroatoms. The number of piperidine rings is 1. The van der Waals surface area contributed by atoms with E-state index in [2.05, 4.69) is 51.9 Å². The van der Waals surface area contributed by atoms with Crippen LogP contribution in [0, 0.1) is 5.92 Å². The Morgan fingerprint density at radius 3 is 2.86 bits per heavy atom. The SMILES string of the molecule is CCNC(=NCc1cccs1)NCCCN1CCC(C)CC1. The number of likely N-dealkylation sites (tertiary alicyclic amines) is 1. The molecule has 0 aromatic carbocycles. The topological polar surface area (TPSA) is 39.7 Å². The van der Waals surface area contributed by atoms with Crippen molar-refractivity contribution in [3.8, 4) is 0 Å². The Kier molecular flexibility index (Phi) is 7.74. The molecular weight excluding hydrogens is 292 g/mol. The van der Waals surface area contributed by atoms with Crippen LogP contribution in [0.3, 0.4) is 0 Å². The van der Waals surface area contributed by atoms with Gasteiger partial charge in [-0.15, -0.1) is 11.3 Å². The van der Waals surface area contributed by atoms with Gasteiger partial charge in [0.05, 0.1) is 6.54 Å². The number of nitrogens with one attached hydrogen (secondary N) is 2. The lowest BCUT2D eigenvalue weighted by molar-refractivity contribution is 0.191. The number of nitrogens with zero attached hydrogens (tertiary/aromatic N) is 2. The molecule has 124 valence electrons. The van der Waals surface area contributed by atoms with Gasteiger partial charge in [-0.3, -0.25) is 0 Å². The van der Waals surface area contributed by atoms with Crippen LogP contribution >= 0.6 is 11.3 Å². The second kappa shape index (κ2) is 9.85. The van der Waals surface area contributed by atoms with Crippen LogP contribution < -0.4 is 10.6 Å². The molecule has 0 atom stereocenters. The number of thiophene rings is 1. The summed E-state index contributed by atoms with van der Waals surface area (Å²) in [6.45, 7) is 10.9. The average molecular weight is 323 g/mol. The van der Waals surface area contributed by atoms with Crippen molar-refractivity contribution in [2.45, 2.75) is 39.7 Å². The zero-order chi connectivity index (χ0) is 15.6. The molecular formula is C17H30N4S. The lowest BCUT2D eigenvalue weighted by Gasteiger charge is -2.30. The molecule has 22 heavy (non-hydrogen) atoms. The zero-order valence-corrected chi connectivity index (χ0v) is 14.8. The monoisotopic (exact) mass is 322 g/mol. The fourth-order valence-corrected chi connectivity index (χ4v) is 3.32. The highest BCUT2D eigenvalue weighted by Crippen LogP contribution is 2.15. The summed E-state index contributed by atoms with van der Waals surface area (Å²) in [6.07, 6.45) is 3.90. The van der Waals surface area contributed by atoms with Gasteiger partial charge in [0.15, 0.2) is 5.96 Å². The van der Waals surface area contributed by atoms with E-state index in [0.717, 1.165) is 31.5 Å². The van der Waals surface area contributed by atoms with Gasteiger partial charge in [-0.1, -0.05) is 13.0 Å². The normalized spacial score (nSPS) is 17.6. The van der Waals surface area contributed by atoms with Gasteiger partial charge >= 0.3 is 0 Å². The van der Waals surface area contributed by atoms with Gasteiger partial charge in [-0.05, 0) is 63.2 Å². The number of hydrogen-bond acceptors (Lipinski definition) is 3. The molecule has 2 N–H and O–H groups in total. The van der Waals surface area contributed by atoms with E-state index in [9.17, 15) is 0 Å². The molecule has 1 aromatic heterocycles. The fraction of sp³-hybridized carbons (Fsp3) is 0.706. The van der Waals surface area contributed by atoms with Gasteiger partial charge in [0, 0.05) is 18.0 Å². The first kappa shape index (κ1) is 17.3. The van der Waals surface area contributed by atoms with E-state index in [1.807, 2.05) is 0 Å². The number of aliphatic imine (C=N–C) groups is 1. The van der Waals surface area contributed by atoms with E-state index >= 15 is 0 Å². The molecule has 4 nitrogen and oxygen atoms in total. The molecule has 0 amide bonds. The fourth-order valence-electron chi connectivity index (χ4n) is 2.70. The first-order valence-corrected chi connectivity index (χ1v) is 9.42. The lowest BCUT2D eigenvalue weighted by Crippen LogP contribution is -2.39. The summed E-state index contributed by atoms with van der Waals surface area (Å²) in [6, 6.07) is 4.21. The standard InChI is InChI=1S/C17H30N4S/c1-3-18-17(20-14-16-6-4-13-22-16)19-9-5-10-21-11-7-15(2)8-12-21/h4,6,13,15H,3,5,7-12,14H2,1-2H3,(H2,18,19,20). The van der Waals surface area contributed by atoms with E-state index in [0.29, 0.717) is 0 Å². The minimum Gasteiger partial charge on any atom is -0.357 e. The molecule has 2 rings (SSSR count). The molecule has 0 saturated carbocycles. The first-order chi connectivity index (χ1) is 10.8. The van der Waals surface area contributed by atoms with Gasteiger partial charge in [0.2, 0.25) is 0 Å². The third-order valence-corrected chi connectivity index (χ3v) is 5.00. The Hall–Kier alpha value is -1.07. The Labute approximate surface area is 139 Å². The van der Waals surface area contributed by atoms with E-state index in [-0.39, 0.29) is 0 Å². The maximum absolute atomic E-state index is 4.64. The minimum atomic E-state index is 0.761. The van der Waals surface area contributed by atoms with Crippen molar-refractivity contribution < 1.29 is 0 Å². The summed E-state index contributed by atoms with van der Waals surface area (Å²) in [5, 5.41) is 8.87. The van der Waals surface area contributed by atoms with Crippen molar-refractivity contribution in [3.63, 3.8) is 0 Å². The Balaban J connectivity index is 1.64. The Bertz CT molecular complexity index is 422. The predicted molar refractivity (Wildman–Crippen MR) is 96.6 cm³/mol. The van der Waals surface area contributed by atoms with Gasteiger partial charge in [-0.25, -0.2) is 4.99 Å². The average Bonchev–Trinajstić information content (AvgIpc) is 3.04. The van der Waals surface area contributed by atoms with E-state index < -0.39 is 0 Å². The number of rotatable bonds is 7. The molecule has 1 aliphatic rings. The van der Waals surface area contributed by atoms with Crippen LogP contribution in [0.25, 0.3) is 0 Å². The molecule has 0 radical (unpaired) electrons. The lowest BCUT2D eigenvalue weighted by atomic mass is 9.99. The van der Waals surface area contributed by atoms with E-state index in [1.54, 1.807) is 11.3 Å². The zero-order valence-electron chi connectivity index (χ0n) is 14.0. The molecule has 0 aliphatic carbocycles. The molecule has 1 fully saturated rings. The smallest absolute Gasteiger partial charge is 0.191 e. The maximum atomic E-state index is 4.64.